The summed E-state index contributed by atoms with van der Waals surface area (Å²) in [5.41, 5.74) is 2.86. The quantitative estimate of drug-likeness (QED) is 0.803. The third kappa shape index (κ3) is 4.32. The molecule has 2 heteroatoms. The van der Waals surface area contributed by atoms with E-state index < -0.39 is 0 Å². The van der Waals surface area contributed by atoms with Crippen LogP contribution in [0.15, 0.2) is 24.3 Å². The van der Waals surface area contributed by atoms with Gasteiger partial charge >= 0.3 is 0 Å². The molecule has 0 spiro atoms. The maximum absolute atomic E-state index is 5.44. The molecule has 1 aromatic rings. The molecule has 0 heterocycles. The Morgan fingerprint density at radius 1 is 1.25 bits per heavy atom. The van der Waals surface area contributed by atoms with Crippen molar-refractivity contribution >= 4 is 0 Å². The second kappa shape index (κ2) is 7.80. The van der Waals surface area contributed by atoms with Crippen molar-refractivity contribution in [1.82, 2.24) is 5.32 Å². The van der Waals surface area contributed by atoms with Gasteiger partial charge in [0.15, 0.2) is 0 Å². The predicted octanol–water partition coefficient (Wildman–Crippen LogP) is 4.25. The zero-order chi connectivity index (χ0) is 14.4. The van der Waals surface area contributed by atoms with Gasteiger partial charge < -0.3 is 10.1 Å². The number of nitrogens with one attached hydrogen (secondary N) is 1. The van der Waals surface area contributed by atoms with E-state index in [0.29, 0.717) is 18.2 Å². The third-order valence-electron chi connectivity index (χ3n) is 4.50. The molecule has 1 fully saturated rings. The first kappa shape index (κ1) is 15.5. The van der Waals surface area contributed by atoms with E-state index in [2.05, 4.69) is 43.4 Å². The summed E-state index contributed by atoms with van der Waals surface area (Å²) in [6.45, 7) is 4.51. The average Bonchev–Trinajstić information content (AvgIpc) is 2.93. The Morgan fingerprint density at radius 2 is 2.00 bits per heavy atom. The van der Waals surface area contributed by atoms with Gasteiger partial charge in [0.05, 0.1) is 6.10 Å². The molecule has 1 saturated carbocycles. The lowest BCUT2D eigenvalue weighted by Crippen LogP contribution is -2.29. The van der Waals surface area contributed by atoms with Crippen molar-refractivity contribution in [2.75, 3.05) is 7.11 Å². The fraction of sp³-hybridized carbons (Fsp3) is 0.667. The summed E-state index contributed by atoms with van der Waals surface area (Å²) in [5.74, 6) is 0. The first-order valence-corrected chi connectivity index (χ1v) is 8.10. The van der Waals surface area contributed by atoms with E-state index in [4.69, 9.17) is 4.74 Å². The SMILES string of the molecule is CCCCc1ccc(C(C)NC2CCC(OC)C2)cc1. The summed E-state index contributed by atoms with van der Waals surface area (Å²) in [4.78, 5) is 0. The monoisotopic (exact) mass is 275 g/mol. The van der Waals surface area contributed by atoms with Gasteiger partial charge in [-0.15, -0.1) is 0 Å². The summed E-state index contributed by atoms with van der Waals surface area (Å²) < 4.78 is 5.44. The number of hydrogen-bond donors (Lipinski definition) is 1. The lowest BCUT2D eigenvalue weighted by molar-refractivity contribution is 0.106. The van der Waals surface area contributed by atoms with Crippen LogP contribution < -0.4 is 5.32 Å². The lowest BCUT2D eigenvalue weighted by Gasteiger charge is -2.20. The van der Waals surface area contributed by atoms with Gasteiger partial charge in [0.1, 0.15) is 0 Å². The molecule has 0 aromatic heterocycles. The Kier molecular flexibility index (Phi) is 6.06. The molecule has 112 valence electrons. The van der Waals surface area contributed by atoms with Crippen molar-refractivity contribution in [3.05, 3.63) is 35.4 Å². The van der Waals surface area contributed by atoms with Gasteiger partial charge in [0.25, 0.3) is 0 Å². The van der Waals surface area contributed by atoms with Crippen LogP contribution >= 0.6 is 0 Å². The highest BCUT2D eigenvalue weighted by molar-refractivity contribution is 5.25. The van der Waals surface area contributed by atoms with E-state index in [0.717, 1.165) is 6.42 Å². The van der Waals surface area contributed by atoms with Gasteiger partial charge in [-0.05, 0) is 50.2 Å². The maximum atomic E-state index is 5.44. The molecule has 0 amide bonds. The van der Waals surface area contributed by atoms with E-state index in [9.17, 15) is 0 Å². The highest BCUT2D eigenvalue weighted by Crippen LogP contribution is 2.24. The van der Waals surface area contributed by atoms with Crippen LogP contribution in [-0.4, -0.2) is 19.3 Å². The molecule has 3 atom stereocenters. The molecule has 1 aliphatic rings. The number of ether oxygens (including phenoxy) is 1. The van der Waals surface area contributed by atoms with Crippen LogP contribution in [0.4, 0.5) is 0 Å². The van der Waals surface area contributed by atoms with Crippen LogP contribution in [0.5, 0.6) is 0 Å². The van der Waals surface area contributed by atoms with Gasteiger partial charge in [-0.3, -0.25) is 0 Å². The molecular formula is C18H29NO. The zero-order valence-corrected chi connectivity index (χ0v) is 13.2. The molecule has 1 aromatic carbocycles. The number of methoxy groups -OCH3 is 1. The topological polar surface area (TPSA) is 21.3 Å². The summed E-state index contributed by atoms with van der Waals surface area (Å²) in [7, 11) is 1.82. The van der Waals surface area contributed by atoms with Crippen LogP contribution in [0.2, 0.25) is 0 Å². The Balaban J connectivity index is 1.84. The Hall–Kier alpha value is -0.860. The highest BCUT2D eigenvalue weighted by atomic mass is 16.5. The first-order chi connectivity index (χ1) is 9.72. The zero-order valence-electron chi connectivity index (χ0n) is 13.2. The molecule has 0 aliphatic heterocycles. The summed E-state index contributed by atoms with van der Waals surface area (Å²) >= 11 is 0. The first-order valence-electron chi connectivity index (χ1n) is 8.10. The number of hydrogen-bond acceptors (Lipinski definition) is 2. The average molecular weight is 275 g/mol. The maximum Gasteiger partial charge on any atom is 0.0586 e. The minimum absolute atomic E-state index is 0.427. The fourth-order valence-corrected chi connectivity index (χ4v) is 3.11. The van der Waals surface area contributed by atoms with Crippen molar-refractivity contribution in [3.8, 4) is 0 Å². The van der Waals surface area contributed by atoms with E-state index in [1.807, 2.05) is 7.11 Å². The Bertz CT molecular complexity index is 387. The van der Waals surface area contributed by atoms with Crippen LogP contribution in [-0.2, 0) is 11.2 Å². The summed E-state index contributed by atoms with van der Waals surface area (Å²) in [6.07, 6.45) is 7.78. The molecule has 0 saturated heterocycles. The predicted molar refractivity (Wildman–Crippen MR) is 85.0 cm³/mol. The van der Waals surface area contributed by atoms with Crippen LogP contribution in [0.25, 0.3) is 0 Å². The van der Waals surface area contributed by atoms with Crippen LogP contribution in [0.1, 0.15) is 63.1 Å². The van der Waals surface area contributed by atoms with Crippen molar-refractivity contribution < 1.29 is 4.74 Å². The van der Waals surface area contributed by atoms with Gasteiger partial charge in [0.2, 0.25) is 0 Å². The van der Waals surface area contributed by atoms with E-state index >= 15 is 0 Å². The van der Waals surface area contributed by atoms with E-state index in [1.54, 1.807) is 0 Å². The fourth-order valence-electron chi connectivity index (χ4n) is 3.11. The number of aryl methyl sites for hydroxylation is 1. The highest BCUT2D eigenvalue weighted by Gasteiger charge is 2.25. The largest absolute Gasteiger partial charge is 0.381 e. The van der Waals surface area contributed by atoms with Crippen LogP contribution in [0, 0.1) is 0 Å². The van der Waals surface area contributed by atoms with Crippen molar-refractivity contribution in [3.63, 3.8) is 0 Å². The minimum Gasteiger partial charge on any atom is -0.381 e. The van der Waals surface area contributed by atoms with Gasteiger partial charge in [-0.25, -0.2) is 0 Å². The van der Waals surface area contributed by atoms with Gasteiger partial charge in [0, 0.05) is 19.2 Å². The number of benzene rings is 1. The van der Waals surface area contributed by atoms with Gasteiger partial charge in [-0.1, -0.05) is 37.6 Å². The normalized spacial score (nSPS) is 23.9. The molecule has 1 N–H and O–H groups in total. The van der Waals surface area contributed by atoms with Crippen LogP contribution in [0.3, 0.4) is 0 Å². The molecule has 0 radical (unpaired) electrons. The molecule has 2 rings (SSSR count). The minimum atomic E-state index is 0.427. The Labute approximate surface area is 123 Å². The smallest absolute Gasteiger partial charge is 0.0586 e. The van der Waals surface area contributed by atoms with Crippen molar-refractivity contribution in [1.29, 1.82) is 0 Å². The lowest BCUT2D eigenvalue weighted by atomic mass is 10.0. The van der Waals surface area contributed by atoms with E-state index in [1.165, 1.54) is 43.2 Å². The second-order valence-corrected chi connectivity index (χ2v) is 6.10. The molecule has 3 unspecified atom stereocenters. The second-order valence-electron chi connectivity index (χ2n) is 6.10. The molecule has 1 aliphatic carbocycles. The van der Waals surface area contributed by atoms with Crippen molar-refractivity contribution in [2.24, 2.45) is 0 Å². The number of rotatable bonds is 7. The summed E-state index contributed by atoms with van der Waals surface area (Å²) in [5, 5.41) is 3.74. The molecule has 0 bridgehead atoms. The standard InChI is InChI=1S/C18H29NO/c1-4-5-6-15-7-9-16(10-8-15)14(2)19-17-11-12-18(13-17)20-3/h7-10,14,17-19H,4-6,11-13H2,1-3H3. The third-order valence-corrected chi connectivity index (χ3v) is 4.50. The number of unbranched alkanes of at least 4 members (excludes halogenated alkanes) is 1. The van der Waals surface area contributed by atoms with E-state index in [-0.39, 0.29) is 0 Å². The Morgan fingerprint density at radius 3 is 2.60 bits per heavy atom. The molecule has 2 nitrogen and oxygen atoms in total. The summed E-state index contributed by atoms with van der Waals surface area (Å²) in [6, 6.07) is 10.2. The molecule has 20 heavy (non-hydrogen) atoms. The van der Waals surface area contributed by atoms with Gasteiger partial charge in [-0.2, -0.15) is 0 Å². The van der Waals surface area contributed by atoms with Crippen molar-refractivity contribution in [2.45, 2.75) is 70.6 Å². The molecular weight excluding hydrogens is 246 g/mol.